The highest BCUT2D eigenvalue weighted by Gasteiger charge is 2.19. The Bertz CT molecular complexity index is 177. The average molecular weight is 214 g/mol. The minimum Gasteiger partial charge on any atom is -0.376 e. The molecular formula is C12H26N2O. The summed E-state index contributed by atoms with van der Waals surface area (Å²) >= 11 is 0. The van der Waals surface area contributed by atoms with Gasteiger partial charge >= 0.3 is 0 Å². The van der Waals surface area contributed by atoms with Crippen molar-refractivity contribution in [1.82, 2.24) is 10.2 Å². The van der Waals surface area contributed by atoms with Gasteiger partial charge in [-0.2, -0.15) is 0 Å². The van der Waals surface area contributed by atoms with Crippen LogP contribution in [-0.2, 0) is 4.74 Å². The smallest absolute Gasteiger partial charge is 0.0714 e. The van der Waals surface area contributed by atoms with E-state index in [0.717, 1.165) is 39.2 Å². The summed E-state index contributed by atoms with van der Waals surface area (Å²) in [5.74, 6) is 0. The second kappa shape index (κ2) is 5.83. The average Bonchev–Trinajstić information content (AvgIpc) is 2.16. The van der Waals surface area contributed by atoms with E-state index in [0.29, 0.717) is 6.10 Å². The van der Waals surface area contributed by atoms with Crippen molar-refractivity contribution in [2.75, 3.05) is 32.8 Å². The molecule has 1 heterocycles. The van der Waals surface area contributed by atoms with E-state index in [1.807, 2.05) is 0 Å². The molecule has 15 heavy (non-hydrogen) atoms. The monoisotopic (exact) mass is 214 g/mol. The lowest BCUT2D eigenvalue weighted by molar-refractivity contribution is -0.0303. The highest BCUT2D eigenvalue weighted by atomic mass is 16.5. The zero-order valence-corrected chi connectivity index (χ0v) is 10.7. The highest BCUT2D eigenvalue weighted by molar-refractivity contribution is 4.75. The molecule has 3 nitrogen and oxygen atoms in total. The van der Waals surface area contributed by atoms with Gasteiger partial charge in [-0.05, 0) is 40.3 Å². The van der Waals surface area contributed by atoms with Crippen molar-refractivity contribution in [3.63, 3.8) is 0 Å². The van der Waals surface area contributed by atoms with E-state index < -0.39 is 0 Å². The predicted octanol–water partition coefficient (Wildman–Crippen LogP) is 1.49. The summed E-state index contributed by atoms with van der Waals surface area (Å²) in [5, 5.41) is 3.50. The molecule has 1 aliphatic rings. The Hall–Kier alpha value is -0.120. The number of hydrogen-bond acceptors (Lipinski definition) is 3. The maximum absolute atomic E-state index is 5.74. The van der Waals surface area contributed by atoms with Gasteiger partial charge in [-0.25, -0.2) is 0 Å². The van der Waals surface area contributed by atoms with E-state index in [4.69, 9.17) is 4.74 Å². The third-order valence-electron chi connectivity index (χ3n) is 2.79. The van der Waals surface area contributed by atoms with Crippen LogP contribution in [0.5, 0.6) is 0 Å². The van der Waals surface area contributed by atoms with E-state index in [2.05, 4.69) is 37.9 Å². The second-order valence-electron chi connectivity index (χ2n) is 5.35. The van der Waals surface area contributed by atoms with Crippen molar-refractivity contribution in [2.45, 2.75) is 45.8 Å². The Labute approximate surface area is 94.2 Å². The van der Waals surface area contributed by atoms with Crippen LogP contribution in [0.25, 0.3) is 0 Å². The van der Waals surface area contributed by atoms with E-state index in [1.54, 1.807) is 0 Å². The van der Waals surface area contributed by atoms with Crippen LogP contribution >= 0.6 is 0 Å². The normalized spacial score (nSPS) is 24.4. The van der Waals surface area contributed by atoms with Gasteiger partial charge in [-0.3, -0.25) is 4.90 Å². The van der Waals surface area contributed by atoms with Crippen molar-refractivity contribution in [1.29, 1.82) is 0 Å². The van der Waals surface area contributed by atoms with Gasteiger partial charge < -0.3 is 10.1 Å². The SMILES string of the molecule is CCN1CCO[C@@H](CCNC(C)(C)C)C1. The molecule has 0 unspecified atom stereocenters. The molecule has 0 amide bonds. The van der Waals surface area contributed by atoms with Gasteiger partial charge in [0.25, 0.3) is 0 Å². The van der Waals surface area contributed by atoms with Crippen LogP contribution < -0.4 is 5.32 Å². The third kappa shape index (κ3) is 5.50. The minimum absolute atomic E-state index is 0.221. The summed E-state index contributed by atoms with van der Waals surface area (Å²) in [4.78, 5) is 2.46. The summed E-state index contributed by atoms with van der Waals surface area (Å²) < 4.78 is 5.74. The number of ether oxygens (including phenoxy) is 1. The first-order valence-electron chi connectivity index (χ1n) is 6.10. The van der Waals surface area contributed by atoms with E-state index >= 15 is 0 Å². The number of rotatable bonds is 4. The van der Waals surface area contributed by atoms with Gasteiger partial charge in [0.2, 0.25) is 0 Å². The minimum atomic E-state index is 0.221. The van der Waals surface area contributed by atoms with E-state index in [9.17, 15) is 0 Å². The first kappa shape index (κ1) is 12.9. The third-order valence-corrected chi connectivity index (χ3v) is 2.79. The molecule has 0 aliphatic carbocycles. The summed E-state index contributed by atoms with van der Waals surface area (Å²) in [5.41, 5.74) is 0.221. The van der Waals surface area contributed by atoms with Crippen molar-refractivity contribution >= 4 is 0 Å². The van der Waals surface area contributed by atoms with Crippen LogP contribution in [-0.4, -0.2) is 49.3 Å². The highest BCUT2D eigenvalue weighted by Crippen LogP contribution is 2.08. The predicted molar refractivity (Wildman–Crippen MR) is 64.2 cm³/mol. The number of hydrogen-bond donors (Lipinski definition) is 1. The fourth-order valence-corrected chi connectivity index (χ4v) is 1.85. The number of likely N-dealkylation sites (N-methyl/N-ethyl adjacent to an activating group) is 1. The quantitative estimate of drug-likeness (QED) is 0.767. The van der Waals surface area contributed by atoms with E-state index in [-0.39, 0.29) is 5.54 Å². The maximum Gasteiger partial charge on any atom is 0.0714 e. The lowest BCUT2D eigenvalue weighted by atomic mass is 10.1. The van der Waals surface area contributed by atoms with Gasteiger partial charge in [0, 0.05) is 18.6 Å². The molecule has 1 atom stereocenters. The molecule has 0 aromatic rings. The molecule has 1 saturated heterocycles. The number of nitrogens with zero attached hydrogens (tertiary/aromatic N) is 1. The molecule has 1 aliphatic heterocycles. The first-order chi connectivity index (χ1) is 7.01. The van der Waals surface area contributed by atoms with Crippen molar-refractivity contribution in [2.24, 2.45) is 0 Å². The summed E-state index contributed by atoms with van der Waals surface area (Å²) in [6, 6.07) is 0. The molecule has 0 spiro atoms. The van der Waals surface area contributed by atoms with Crippen LogP contribution in [0.1, 0.15) is 34.1 Å². The van der Waals surface area contributed by atoms with Gasteiger partial charge in [0.15, 0.2) is 0 Å². The van der Waals surface area contributed by atoms with Crippen LogP contribution in [0, 0.1) is 0 Å². The molecule has 3 heteroatoms. The fraction of sp³-hybridized carbons (Fsp3) is 1.00. The zero-order valence-electron chi connectivity index (χ0n) is 10.7. The zero-order chi connectivity index (χ0) is 11.3. The van der Waals surface area contributed by atoms with Gasteiger partial charge in [0.05, 0.1) is 12.7 Å². The van der Waals surface area contributed by atoms with Gasteiger partial charge in [-0.15, -0.1) is 0 Å². The Morgan fingerprint density at radius 1 is 1.40 bits per heavy atom. The lowest BCUT2D eigenvalue weighted by Crippen LogP contribution is -2.44. The topological polar surface area (TPSA) is 24.5 Å². The summed E-state index contributed by atoms with van der Waals surface area (Å²) in [6.07, 6.45) is 1.54. The van der Waals surface area contributed by atoms with Crippen molar-refractivity contribution in [3.05, 3.63) is 0 Å². The molecule has 1 N–H and O–H groups in total. The standard InChI is InChI=1S/C12H26N2O/c1-5-14-8-9-15-11(10-14)6-7-13-12(2,3)4/h11,13H,5-10H2,1-4H3/t11-/m0/s1. The Morgan fingerprint density at radius 3 is 2.73 bits per heavy atom. The largest absolute Gasteiger partial charge is 0.376 e. The number of morpholine rings is 1. The molecular weight excluding hydrogens is 188 g/mol. The van der Waals surface area contributed by atoms with Crippen molar-refractivity contribution < 1.29 is 4.74 Å². The molecule has 0 aromatic heterocycles. The van der Waals surface area contributed by atoms with Crippen LogP contribution in [0.3, 0.4) is 0 Å². The lowest BCUT2D eigenvalue weighted by Gasteiger charge is -2.32. The molecule has 1 fully saturated rings. The molecule has 0 saturated carbocycles. The first-order valence-corrected chi connectivity index (χ1v) is 6.10. The van der Waals surface area contributed by atoms with E-state index in [1.165, 1.54) is 0 Å². The molecule has 0 bridgehead atoms. The Kier molecular flexibility index (Phi) is 5.03. The van der Waals surface area contributed by atoms with Crippen LogP contribution in [0.2, 0.25) is 0 Å². The number of nitrogens with one attached hydrogen (secondary N) is 1. The summed E-state index contributed by atoms with van der Waals surface area (Å²) in [6.45, 7) is 14.1. The molecule has 0 aromatic carbocycles. The van der Waals surface area contributed by atoms with Gasteiger partial charge in [-0.1, -0.05) is 6.92 Å². The van der Waals surface area contributed by atoms with Gasteiger partial charge in [0.1, 0.15) is 0 Å². The Balaban J connectivity index is 2.15. The molecule has 1 rings (SSSR count). The summed E-state index contributed by atoms with van der Waals surface area (Å²) in [7, 11) is 0. The Morgan fingerprint density at radius 2 is 2.13 bits per heavy atom. The van der Waals surface area contributed by atoms with Crippen LogP contribution in [0.15, 0.2) is 0 Å². The fourth-order valence-electron chi connectivity index (χ4n) is 1.85. The molecule has 0 radical (unpaired) electrons. The van der Waals surface area contributed by atoms with Crippen molar-refractivity contribution in [3.8, 4) is 0 Å². The molecule has 90 valence electrons. The maximum atomic E-state index is 5.74. The van der Waals surface area contributed by atoms with Crippen LogP contribution in [0.4, 0.5) is 0 Å². The second-order valence-corrected chi connectivity index (χ2v) is 5.35.